The molecule has 0 aliphatic heterocycles. The molecule has 0 bridgehead atoms. The maximum Gasteiger partial charge on any atom is 0.293 e. The van der Waals surface area contributed by atoms with Crippen molar-refractivity contribution in [2.45, 2.75) is 33.4 Å². The van der Waals surface area contributed by atoms with Gasteiger partial charge in [-0.05, 0) is 25.0 Å². The molecule has 1 unspecified atom stereocenters. The summed E-state index contributed by atoms with van der Waals surface area (Å²) in [6.45, 7) is 6.71. The van der Waals surface area contributed by atoms with E-state index in [1.807, 2.05) is 6.92 Å². The van der Waals surface area contributed by atoms with Gasteiger partial charge in [-0.15, -0.1) is 0 Å². The van der Waals surface area contributed by atoms with Crippen LogP contribution in [0.15, 0.2) is 33.8 Å². The van der Waals surface area contributed by atoms with Crippen molar-refractivity contribution in [3.05, 3.63) is 46.6 Å². The lowest BCUT2D eigenvalue weighted by molar-refractivity contribution is 0.0402. The standard InChI is InChI=1S/C16H19N5O3/c1-10(2)9-23-11(3)15-19-13(24-20-15)8-21-16(22)14-12(7-18-21)5-4-6-17-14/h4-7,10-11H,8-9H2,1-3H3. The highest BCUT2D eigenvalue weighted by molar-refractivity contribution is 5.75. The zero-order valence-electron chi connectivity index (χ0n) is 13.8. The third-order valence-electron chi connectivity index (χ3n) is 3.42. The number of aromatic nitrogens is 5. The molecule has 0 aliphatic rings. The van der Waals surface area contributed by atoms with Crippen LogP contribution in [0.2, 0.25) is 0 Å². The van der Waals surface area contributed by atoms with E-state index in [1.54, 1.807) is 24.5 Å². The SMILES string of the molecule is CC(C)COC(C)c1noc(Cn2ncc3cccnc3c2=O)n1. The quantitative estimate of drug-likeness (QED) is 0.682. The number of hydrogen-bond donors (Lipinski definition) is 0. The first-order valence-corrected chi connectivity index (χ1v) is 7.79. The van der Waals surface area contributed by atoms with E-state index in [-0.39, 0.29) is 18.2 Å². The summed E-state index contributed by atoms with van der Waals surface area (Å²) in [5, 5.41) is 8.73. The number of fused-ring (bicyclic) bond motifs is 1. The van der Waals surface area contributed by atoms with Crippen LogP contribution >= 0.6 is 0 Å². The molecule has 0 fully saturated rings. The zero-order valence-corrected chi connectivity index (χ0v) is 13.8. The predicted molar refractivity (Wildman–Crippen MR) is 86.4 cm³/mol. The first-order chi connectivity index (χ1) is 11.5. The highest BCUT2D eigenvalue weighted by atomic mass is 16.5. The van der Waals surface area contributed by atoms with Crippen molar-refractivity contribution in [2.24, 2.45) is 5.92 Å². The summed E-state index contributed by atoms with van der Waals surface area (Å²) in [5.41, 5.74) is 0.0674. The second-order valence-corrected chi connectivity index (χ2v) is 5.96. The highest BCUT2D eigenvalue weighted by Gasteiger charge is 2.16. The largest absolute Gasteiger partial charge is 0.370 e. The molecule has 0 aliphatic carbocycles. The van der Waals surface area contributed by atoms with Gasteiger partial charge in [0.1, 0.15) is 18.2 Å². The molecular weight excluding hydrogens is 310 g/mol. The van der Waals surface area contributed by atoms with E-state index in [0.717, 1.165) is 0 Å². The summed E-state index contributed by atoms with van der Waals surface area (Å²) in [6.07, 6.45) is 2.90. The molecule has 3 aromatic rings. The summed E-state index contributed by atoms with van der Waals surface area (Å²) in [5.74, 6) is 1.18. The smallest absolute Gasteiger partial charge is 0.293 e. The predicted octanol–water partition coefficient (Wildman–Crippen LogP) is 1.96. The van der Waals surface area contributed by atoms with Crippen LogP contribution in [0.1, 0.15) is 38.6 Å². The molecule has 0 saturated heterocycles. The molecule has 24 heavy (non-hydrogen) atoms. The Labute approximate surface area is 138 Å². The van der Waals surface area contributed by atoms with Gasteiger partial charge in [-0.25, -0.2) is 4.68 Å². The molecule has 1 atom stereocenters. The number of rotatable bonds is 6. The van der Waals surface area contributed by atoms with Gasteiger partial charge in [0.15, 0.2) is 5.82 Å². The molecule has 8 heteroatoms. The molecule has 126 valence electrons. The summed E-state index contributed by atoms with van der Waals surface area (Å²) in [6, 6.07) is 3.55. The van der Waals surface area contributed by atoms with Crippen LogP contribution < -0.4 is 5.56 Å². The van der Waals surface area contributed by atoms with E-state index in [1.165, 1.54) is 4.68 Å². The molecule has 0 saturated carbocycles. The van der Waals surface area contributed by atoms with Gasteiger partial charge < -0.3 is 9.26 Å². The third kappa shape index (κ3) is 3.48. The number of ether oxygens (including phenoxy) is 1. The van der Waals surface area contributed by atoms with Gasteiger partial charge in [0, 0.05) is 18.2 Å². The van der Waals surface area contributed by atoms with Gasteiger partial charge in [0.25, 0.3) is 5.56 Å². The Morgan fingerprint density at radius 3 is 2.96 bits per heavy atom. The van der Waals surface area contributed by atoms with Gasteiger partial charge in [-0.3, -0.25) is 9.78 Å². The van der Waals surface area contributed by atoms with E-state index in [2.05, 4.69) is 34.1 Å². The van der Waals surface area contributed by atoms with Crippen LogP contribution in [0.25, 0.3) is 10.9 Å². The number of pyridine rings is 1. The molecule has 0 radical (unpaired) electrons. The summed E-state index contributed by atoms with van der Waals surface area (Å²) in [7, 11) is 0. The Balaban J connectivity index is 1.78. The van der Waals surface area contributed by atoms with Crippen molar-refractivity contribution in [1.82, 2.24) is 24.9 Å². The van der Waals surface area contributed by atoms with Crippen molar-refractivity contribution in [1.29, 1.82) is 0 Å². The van der Waals surface area contributed by atoms with Gasteiger partial charge in [-0.1, -0.05) is 19.0 Å². The second-order valence-electron chi connectivity index (χ2n) is 5.96. The normalized spacial score (nSPS) is 12.8. The molecule has 0 spiro atoms. The van der Waals surface area contributed by atoms with Gasteiger partial charge in [0.2, 0.25) is 5.89 Å². The minimum atomic E-state index is -0.294. The average Bonchev–Trinajstić information content (AvgIpc) is 3.04. The van der Waals surface area contributed by atoms with E-state index < -0.39 is 0 Å². The fourth-order valence-electron chi connectivity index (χ4n) is 2.16. The maximum atomic E-state index is 12.4. The van der Waals surface area contributed by atoms with Crippen molar-refractivity contribution in [3.8, 4) is 0 Å². The van der Waals surface area contributed by atoms with E-state index in [4.69, 9.17) is 9.26 Å². The number of nitrogens with zero attached hydrogens (tertiary/aromatic N) is 5. The Kier molecular flexibility index (Phi) is 4.66. The van der Waals surface area contributed by atoms with Gasteiger partial charge in [-0.2, -0.15) is 10.1 Å². The molecule has 3 heterocycles. The second kappa shape index (κ2) is 6.88. The van der Waals surface area contributed by atoms with Crippen molar-refractivity contribution in [3.63, 3.8) is 0 Å². The Morgan fingerprint density at radius 2 is 2.17 bits per heavy atom. The minimum Gasteiger partial charge on any atom is -0.370 e. The summed E-state index contributed by atoms with van der Waals surface area (Å²) >= 11 is 0. The van der Waals surface area contributed by atoms with Crippen LogP contribution in [0.4, 0.5) is 0 Å². The average molecular weight is 329 g/mol. The lowest BCUT2D eigenvalue weighted by atomic mass is 10.2. The maximum absolute atomic E-state index is 12.4. The lowest BCUT2D eigenvalue weighted by Gasteiger charge is -2.10. The monoisotopic (exact) mass is 329 g/mol. The topological polar surface area (TPSA) is 95.9 Å². The van der Waals surface area contributed by atoms with Crippen LogP contribution in [0.3, 0.4) is 0 Å². The molecule has 0 amide bonds. The Hall–Kier alpha value is -2.61. The third-order valence-corrected chi connectivity index (χ3v) is 3.42. The first-order valence-electron chi connectivity index (χ1n) is 7.79. The van der Waals surface area contributed by atoms with Crippen molar-refractivity contribution in [2.75, 3.05) is 6.61 Å². The molecular formula is C16H19N5O3. The van der Waals surface area contributed by atoms with Crippen molar-refractivity contribution >= 4 is 10.9 Å². The molecule has 3 rings (SSSR count). The van der Waals surface area contributed by atoms with Crippen LogP contribution in [-0.2, 0) is 11.3 Å². The summed E-state index contributed by atoms with van der Waals surface area (Å²) < 4.78 is 12.1. The highest BCUT2D eigenvalue weighted by Crippen LogP contribution is 2.14. The molecule has 0 N–H and O–H groups in total. The minimum absolute atomic E-state index is 0.0925. The fourth-order valence-corrected chi connectivity index (χ4v) is 2.16. The molecule has 8 nitrogen and oxygen atoms in total. The van der Waals surface area contributed by atoms with Crippen LogP contribution in [-0.4, -0.2) is 31.5 Å². The number of hydrogen-bond acceptors (Lipinski definition) is 7. The van der Waals surface area contributed by atoms with E-state index in [9.17, 15) is 4.79 Å². The Morgan fingerprint density at radius 1 is 1.33 bits per heavy atom. The van der Waals surface area contributed by atoms with E-state index in [0.29, 0.717) is 35.1 Å². The van der Waals surface area contributed by atoms with E-state index >= 15 is 0 Å². The first kappa shape index (κ1) is 16.3. The van der Waals surface area contributed by atoms with Crippen LogP contribution in [0.5, 0.6) is 0 Å². The lowest BCUT2D eigenvalue weighted by Crippen LogP contribution is -2.24. The molecule has 0 aromatic carbocycles. The van der Waals surface area contributed by atoms with Gasteiger partial charge in [0.05, 0.1) is 6.20 Å². The summed E-state index contributed by atoms with van der Waals surface area (Å²) in [4.78, 5) is 20.8. The van der Waals surface area contributed by atoms with Crippen molar-refractivity contribution < 1.29 is 9.26 Å². The Bertz CT molecular complexity index is 887. The van der Waals surface area contributed by atoms with Gasteiger partial charge >= 0.3 is 0 Å². The fraction of sp³-hybridized carbons (Fsp3) is 0.438. The molecule has 3 aromatic heterocycles. The zero-order chi connectivity index (χ0) is 17.1. The van der Waals surface area contributed by atoms with Crippen LogP contribution in [0, 0.1) is 5.92 Å².